The van der Waals surface area contributed by atoms with Gasteiger partial charge in [0.1, 0.15) is 9.84 Å². The van der Waals surface area contributed by atoms with Gasteiger partial charge in [-0.15, -0.1) is 0 Å². The number of sulfone groups is 1. The van der Waals surface area contributed by atoms with Gasteiger partial charge in [0.05, 0.1) is 24.4 Å². The molecule has 2 heterocycles. The maximum atomic E-state index is 10.4. The predicted octanol–water partition coefficient (Wildman–Crippen LogP) is 1.12. The molecule has 4 heteroatoms. The van der Waals surface area contributed by atoms with Crippen LogP contribution < -0.4 is 0 Å². The average molecular weight is 190 g/mol. The summed E-state index contributed by atoms with van der Waals surface area (Å²) in [6, 6.07) is 0. The Morgan fingerprint density at radius 3 is 2.00 bits per heavy atom. The van der Waals surface area contributed by atoms with E-state index >= 15 is 0 Å². The number of hydrogen-bond donors (Lipinski definition) is 0. The van der Waals surface area contributed by atoms with Crippen molar-refractivity contribution in [2.45, 2.75) is 19.3 Å². The predicted molar refractivity (Wildman–Crippen MR) is 47.6 cm³/mol. The van der Waals surface area contributed by atoms with E-state index in [0.29, 0.717) is 11.5 Å². The number of rotatable bonds is 0. The Balaban J connectivity index is 0.000000127. The van der Waals surface area contributed by atoms with Crippen molar-refractivity contribution in [3.63, 3.8) is 0 Å². The Bertz CT molecular complexity index is 223. The van der Waals surface area contributed by atoms with Crippen molar-refractivity contribution in [1.82, 2.24) is 0 Å². The first-order valence-corrected chi connectivity index (χ1v) is 6.00. The molecule has 0 N–H and O–H groups in total. The maximum Gasteiger partial charge on any atom is 0.150 e. The quantitative estimate of drug-likeness (QED) is 0.575. The fourth-order valence-electron chi connectivity index (χ4n) is 1.09. The van der Waals surface area contributed by atoms with Gasteiger partial charge in [-0.3, -0.25) is 0 Å². The first-order valence-electron chi connectivity index (χ1n) is 4.18. The van der Waals surface area contributed by atoms with Gasteiger partial charge in [0.2, 0.25) is 0 Å². The van der Waals surface area contributed by atoms with Crippen LogP contribution in [0.3, 0.4) is 0 Å². The van der Waals surface area contributed by atoms with Crippen molar-refractivity contribution >= 4 is 9.84 Å². The van der Waals surface area contributed by atoms with Crippen LogP contribution in [0.15, 0.2) is 12.3 Å². The third-order valence-corrected chi connectivity index (χ3v) is 3.58. The molecule has 70 valence electrons. The minimum absolute atomic E-state index is 0.424. The average Bonchev–Trinajstić information content (AvgIpc) is 2.60. The van der Waals surface area contributed by atoms with Gasteiger partial charge in [-0.1, -0.05) is 0 Å². The van der Waals surface area contributed by atoms with Crippen molar-refractivity contribution in [1.29, 1.82) is 0 Å². The van der Waals surface area contributed by atoms with E-state index in [1.807, 2.05) is 6.08 Å². The van der Waals surface area contributed by atoms with Crippen LogP contribution in [0, 0.1) is 0 Å². The molecule has 0 unspecified atom stereocenters. The summed E-state index contributed by atoms with van der Waals surface area (Å²) >= 11 is 0. The summed E-state index contributed by atoms with van der Waals surface area (Å²) in [5, 5.41) is 0. The summed E-state index contributed by atoms with van der Waals surface area (Å²) in [4.78, 5) is 0. The Morgan fingerprint density at radius 2 is 1.83 bits per heavy atom. The molecule has 1 saturated heterocycles. The molecule has 0 aromatic carbocycles. The van der Waals surface area contributed by atoms with Gasteiger partial charge in [-0.25, -0.2) is 8.42 Å². The molecule has 2 aliphatic rings. The van der Waals surface area contributed by atoms with E-state index in [-0.39, 0.29) is 0 Å². The zero-order valence-corrected chi connectivity index (χ0v) is 7.85. The Labute approximate surface area is 73.3 Å². The molecule has 0 spiro atoms. The first-order chi connectivity index (χ1) is 5.71. The fourth-order valence-corrected chi connectivity index (χ4v) is 2.58. The maximum absolute atomic E-state index is 10.4. The van der Waals surface area contributed by atoms with Crippen LogP contribution in [-0.4, -0.2) is 26.5 Å². The minimum atomic E-state index is -2.55. The summed E-state index contributed by atoms with van der Waals surface area (Å²) in [5.74, 6) is 0.847. The summed E-state index contributed by atoms with van der Waals surface area (Å²) in [6.45, 7) is 0.889. The van der Waals surface area contributed by atoms with Gasteiger partial charge in [0.25, 0.3) is 0 Å². The van der Waals surface area contributed by atoms with E-state index in [0.717, 1.165) is 25.9 Å². The monoisotopic (exact) mass is 190 g/mol. The molecule has 3 nitrogen and oxygen atoms in total. The summed E-state index contributed by atoms with van der Waals surface area (Å²) in [7, 11) is -2.55. The minimum Gasteiger partial charge on any atom is -0.501 e. The summed E-state index contributed by atoms with van der Waals surface area (Å²) < 4.78 is 25.6. The third-order valence-electron chi connectivity index (χ3n) is 1.76. The molecule has 0 aliphatic carbocycles. The molecule has 2 rings (SSSR count). The van der Waals surface area contributed by atoms with Gasteiger partial charge in [-0.2, -0.15) is 0 Å². The van der Waals surface area contributed by atoms with Gasteiger partial charge >= 0.3 is 0 Å². The fraction of sp³-hybridized carbons (Fsp3) is 0.750. The molecular formula is C8H14O3S. The second-order valence-electron chi connectivity index (χ2n) is 2.89. The Hall–Kier alpha value is -0.510. The lowest BCUT2D eigenvalue weighted by Crippen LogP contribution is -1.98. The Kier molecular flexibility index (Phi) is 3.59. The van der Waals surface area contributed by atoms with E-state index < -0.39 is 9.84 Å². The van der Waals surface area contributed by atoms with Gasteiger partial charge < -0.3 is 4.74 Å². The first kappa shape index (κ1) is 9.58. The largest absolute Gasteiger partial charge is 0.501 e. The smallest absolute Gasteiger partial charge is 0.150 e. The van der Waals surface area contributed by atoms with Gasteiger partial charge in [-0.05, 0) is 18.9 Å². The Morgan fingerprint density at radius 1 is 1.17 bits per heavy atom. The second-order valence-corrected chi connectivity index (χ2v) is 5.19. The molecule has 0 bridgehead atoms. The van der Waals surface area contributed by atoms with Crippen molar-refractivity contribution in [3.8, 4) is 0 Å². The lowest BCUT2D eigenvalue weighted by Gasteiger charge is -1.81. The lowest BCUT2D eigenvalue weighted by atomic mass is 10.4. The zero-order valence-electron chi connectivity index (χ0n) is 7.03. The van der Waals surface area contributed by atoms with Gasteiger partial charge in [0.15, 0.2) is 0 Å². The van der Waals surface area contributed by atoms with E-state index in [2.05, 4.69) is 0 Å². The summed E-state index contributed by atoms with van der Waals surface area (Å²) in [5.41, 5.74) is 0. The van der Waals surface area contributed by atoms with E-state index in [4.69, 9.17) is 4.74 Å². The van der Waals surface area contributed by atoms with Crippen molar-refractivity contribution in [3.05, 3.63) is 12.3 Å². The normalized spacial score (nSPS) is 24.3. The molecule has 12 heavy (non-hydrogen) atoms. The highest BCUT2D eigenvalue weighted by Crippen LogP contribution is 2.08. The van der Waals surface area contributed by atoms with Crippen LogP contribution in [0.4, 0.5) is 0 Å². The van der Waals surface area contributed by atoms with Crippen LogP contribution in [0.2, 0.25) is 0 Å². The molecule has 1 fully saturated rings. The standard InChI is InChI=1S/C4H8O2S.C4H6O/c5-7(6)3-1-2-4-7;1-2-4-5-3-1/h1-4H2;1,3H,2,4H2. The van der Waals surface area contributed by atoms with Crippen molar-refractivity contribution in [2.75, 3.05) is 18.1 Å². The van der Waals surface area contributed by atoms with Crippen LogP contribution in [0.25, 0.3) is 0 Å². The molecule has 0 atom stereocenters. The zero-order chi connectivity index (χ0) is 8.86. The highest BCUT2D eigenvalue weighted by molar-refractivity contribution is 7.91. The summed E-state index contributed by atoms with van der Waals surface area (Å²) in [6.07, 6.45) is 6.60. The number of hydrogen-bond acceptors (Lipinski definition) is 3. The van der Waals surface area contributed by atoms with Crippen LogP contribution in [0.5, 0.6) is 0 Å². The van der Waals surface area contributed by atoms with Crippen molar-refractivity contribution < 1.29 is 13.2 Å². The molecular weight excluding hydrogens is 176 g/mol. The lowest BCUT2D eigenvalue weighted by molar-refractivity contribution is 0.281. The van der Waals surface area contributed by atoms with E-state index in [9.17, 15) is 8.42 Å². The molecule has 0 aromatic rings. The van der Waals surface area contributed by atoms with Crippen LogP contribution >= 0.6 is 0 Å². The van der Waals surface area contributed by atoms with Crippen molar-refractivity contribution in [2.24, 2.45) is 0 Å². The molecule has 0 aromatic heterocycles. The number of ether oxygens (including phenoxy) is 1. The SMILES string of the molecule is C1=COCC1.O=S1(=O)CCCC1. The molecule has 0 amide bonds. The molecule has 0 saturated carbocycles. The van der Waals surface area contributed by atoms with E-state index in [1.165, 1.54) is 0 Å². The topological polar surface area (TPSA) is 43.4 Å². The third kappa shape index (κ3) is 3.76. The molecule has 0 radical (unpaired) electrons. The van der Waals surface area contributed by atoms with Crippen LogP contribution in [0.1, 0.15) is 19.3 Å². The highest BCUT2D eigenvalue weighted by atomic mass is 32.2. The second kappa shape index (κ2) is 4.50. The van der Waals surface area contributed by atoms with Gasteiger partial charge in [0, 0.05) is 6.42 Å². The highest BCUT2D eigenvalue weighted by Gasteiger charge is 2.16. The molecule has 2 aliphatic heterocycles. The van der Waals surface area contributed by atoms with Crippen LogP contribution in [-0.2, 0) is 14.6 Å². The van der Waals surface area contributed by atoms with E-state index in [1.54, 1.807) is 6.26 Å².